The summed E-state index contributed by atoms with van der Waals surface area (Å²) in [6.45, 7) is 0. The van der Waals surface area contributed by atoms with Crippen LogP contribution in [0.5, 0.6) is 0 Å². The van der Waals surface area contributed by atoms with Crippen molar-refractivity contribution in [2.75, 3.05) is 5.32 Å². The Labute approximate surface area is 97.2 Å². The van der Waals surface area contributed by atoms with Gasteiger partial charge >= 0.3 is 0 Å². The second-order valence-electron chi connectivity index (χ2n) is 3.85. The molecule has 4 heteroatoms. The number of amides is 1. The van der Waals surface area contributed by atoms with Gasteiger partial charge in [-0.15, -0.1) is 0 Å². The average Bonchev–Trinajstić information content (AvgIpc) is 2.94. The summed E-state index contributed by atoms with van der Waals surface area (Å²) in [5.74, 6) is -1.19. The molecule has 84 valence electrons. The van der Waals surface area contributed by atoms with Gasteiger partial charge in [0.1, 0.15) is 5.92 Å². The fourth-order valence-electron chi connectivity index (χ4n) is 2.03. The van der Waals surface area contributed by atoms with E-state index in [-0.39, 0.29) is 17.5 Å². The number of carbonyl (C=O) groups is 2. The Morgan fingerprint density at radius 1 is 1.18 bits per heavy atom. The van der Waals surface area contributed by atoms with E-state index in [1.165, 1.54) is 6.26 Å². The summed E-state index contributed by atoms with van der Waals surface area (Å²) in [6.07, 6.45) is 1.42. The molecule has 0 saturated heterocycles. The number of benzene rings is 1. The number of hydrogen-bond acceptors (Lipinski definition) is 3. The van der Waals surface area contributed by atoms with E-state index >= 15 is 0 Å². The van der Waals surface area contributed by atoms with Crippen LogP contribution in [0.2, 0.25) is 0 Å². The van der Waals surface area contributed by atoms with Crippen LogP contribution in [0.15, 0.2) is 47.1 Å². The third kappa shape index (κ3) is 1.45. The van der Waals surface area contributed by atoms with Gasteiger partial charge in [-0.05, 0) is 23.8 Å². The zero-order chi connectivity index (χ0) is 11.8. The second-order valence-corrected chi connectivity index (χ2v) is 3.85. The highest BCUT2D eigenvalue weighted by Gasteiger charge is 2.37. The molecule has 0 unspecified atom stereocenters. The van der Waals surface area contributed by atoms with Crippen LogP contribution in [0, 0.1) is 0 Å². The number of Topliss-reactive ketones (excluding diaryl/α,β-unsaturated/α-hetero) is 1. The molecule has 0 aliphatic carbocycles. The van der Waals surface area contributed by atoms with Gasteiger partial charge in [0.05, 0.1) is 6.26 Å². The number of furan rings is 1. The van der Waals surface area contributed by atoms with Gasteiger partial charge in [0.2, 0.25) is 11.7 Å². The zero-order valence-corrected chi connectivity index (χ0v) is 8.84. The first-order chi connectivity index (χ1) is 8.27. The lowest BCUT2D eigenvalue weighted by Gasteiger charge is -2.04. The maximum Gasteiger partial charge on any atom is 0.240 e. The molecule has 1 atom stereocenters. The lowest BCUT2D eigenvalue weighted by Crippen LogP contribution is -2.20. The van der Waals surface area contributed by atoms with Crippen LogP contribution >= 0.6 is 0 Å². The van der Waals surface area contributed by atoms with Gasteiger partial charge in [0, 0.05) is 5.69 Å². The summed E-state index contributed by atoms with van der Waals surface area (Å²) < 4.78 is 5.04. The smallest absolute Gasteiger partial charge is 0.240 e. The minimum Gasteiger partial charge on any atom is -0.461 e. The summed E-state index contributed by atoms with van der Waals surface area (Å²) in [5.41, 5.74) is 1.40. The number of carbonyl (C=O) groups excluding carboxylic acids is 2. The molecule has 2 heterocycles. The zero-order valence-electron chi connectivity index (χ0n) is 8.84. The van der Waals surface area contributed by atoms with Gasteiger partial charge in [-0.1, -0.05) is 18.2 Å². The minimum atomic E-state index is -0.794. The Morgan fingerprint density at radius 3 is 2.76 bits per heavy atom. The van der Waals surface area contributed by atoms with E-state index in [2.05, 4.69) is 5.32 Å². The predicted molar refractivity (Wildman–Crippen MR) is 60.9 cm³/mol. The molecule has 17 heavy (non-hydrogen) atoms. The summed E-state index contributed by atoms with van der Waals surface area (Å²) in [6, 6.07) is 10.4. The predicted octanol–water partition coefficient (Wildman–Crippen LogP) is 2.20. The van der Waals surface area contributed by atoms with Gasteiger partial charge in [0.25, 0.3) is 0 Å². The van der Waals surface area contributed by atoms with Crippen molar-refractivity contribution in [3.05, 3.63) is 54.0 Å². The van der Waals surface area contributed by atoms with E-state index in [0.717, 1.165) is 0 Å². The van der Waals surface area contributed by atoms with E-state index < -0.39 is 5.92 Å². The SMILES string of the molecule is O=C1Nc2ccccc2[C@H]1C(=O)c1ccco1. The van der Waals surface area contributed by atoms with Crippen LogP contribution in [0.1, 0.15) is 22.0 Å². The highest BCUT2D eigenvalue weighted by atomic mass is 16.3. The number of anilines is 1. The molecule has 1 aliphatic rings. The number of hydrogen-bond donors (Lipinski definition) is 1. The van der Waals surface area contributed by atoms with Crippen LogP contribution in [0.4, 0.5) is 5.69 Å². The molecule has 0 fully saturated rings. The third-order valence-electron chi connectivity index (χ3n) is 2.82. The largest absolute Gasteiger partial charge is 0.461 e. The van der Waals surface area contributed by atoms with E-state index in [1.54, 1.807) is 24.3 Å². The molecule has 2 aromatic rings. The van der Waals surface area contributed by atoms with Crippen molar-refractivity contribution in [3.63, 3.8) is 0 Å². The van der Waals surface area contributed by atoms with Crippen molar-refractivity contribution in [1.29, 1.82) is 0 Å². The Kier molecular flexibility index (Phi) is 2.08. The van der Waals surface area contributed by atoms with Crippen LogP contribution in [-0.4, -0.2) is 11.7 Å². The van der Waals surface area contributed by atoms with Crippen LogP contribution < -0.4 is 5.32 Å². The molecule has 0 spiro atoms. The van der Waals surface area contributed by atoms with Crippen molar-refractivity contribution in [3.8, 4) is 0 Å². The fourth-order valence-corrected chi connectivity index (χ4v) is 2.03. The van der Waals surface area contributed by atoms with E-state index in [1.807, 2.05) is 12.1 Å². The number of rotatable bonds is 2. The molecular weight excluding hydrogens is 218 g/mol. The monoisotopic (exact) mass is 227 g/mol. The first-order valence-corrected chi connectivity index (χ1v) is 5.25. The molecule has 1 aliphatic heterocycles. The summed E-state index contributed by atoms with van der Waals surface area (Å²) in [4.78, 5) is 23.9. The van der Waals surface area contributed by atoms with Gasteiger partial charge in [-0.25, -0.2) is 0 Å². The normalized spacial score (nSPS) is 17.6. The first-order valence-electron chi connectivity index (χ1n) is 5.25. The average molecular weight is 227 g/mol. The highest BCUT2D eigenvalue weighted by Crippen LogP contribution is 2.34. The molecule has 1 amide bonds. The number of nitrogens with one attached hydrogen (secondary N) is 1. The van der Waals surface area contributed by atoms with Crippen molar-refractivity contribution in [2.45, 2.75) is 5.92 Å². The summed E-state index contributed by atoms with van der Waals surface area (Å²) in [5, 5.41) is 2.69. The second kappa shape index (κ2) is 3.59. The minimum absolute atomic E-state index is 0.210. The Morgan fingerprint density at radius 2 is 2.00 bits per heavy atom. The number of ketones is 1. The van der Waals surface area contributed by atoms with Crippen molar-refractivity contribution >= 4 is 17.4 Å². The van der Waals surface area contributed by atoms with Crippen LogP contribution in [0.3, 0.4) is 0 Å². The third-order valence-corrected chi connectivity index (χ3v) is 2.82. The Bertz CT molecular complexity index is 586. The topological polar surface area (TPSA) is 59.3 Å². The quantitative estimate of drug-likeness (QED) is 0.632. The van der Waals surface area contributed by atoms with E-state index in [0.29, 0.717) is 11.3 Å². The maximum absolute atomic E-state index is 12.1. The molecule has 1 N–H and O–H groups in total. The molecule has 1 aromatic heterocycles. The van der Waals surface area contributed by atoms with Gasteiger partial charge in [-0.2, -0.15) is 0 Å². The molecule has 0 radical (unpaired) electrons. The van der Waals surface area contributed by atoms with Gasteiger partial charge in [-0.3, -0.25) is 9.59 Å². The van der Waals surface area contributed by atoms with Crippen molar-refractivity contribution in [1.82, 2.24) is 0 Å². The lowest BCUT2D eigenvalue weighted by atomic mass is 9.95. The summed E-state index contributed by atoms with van der Waals surface area (Å²) in [7, 11) is 0. The van der Waals surface area contributed by atoms with Crippen LogP contribution in [-0.2, 0) is 4.79 Å². The Balaban J connectivity index is 2.04. The number of fused-ring (bicyclic) bond motifs is 1. The van der Waals surface area contributed by atoms with Gasteiger partial charge < -0.3 is 9.73 Å². The molecule has 3 rings (SSSR count). The Hall–Kier alpha value is -2.36. The standard InChI is InChI=1S/C13H9NO3/c15-12(10-6-3-7-17-10)11-8-4-1-2-5-9(8)14-13(11)16/h1-7,11H,(H,14,16)/t11-/m0/s1. The molecular formula is C13H9NO3. The fraction of sp³-hybridized carbons (Fsp3) is 0.0769. The number of para-hydroxylation sites is 1. The van der Waals surface area contributed by atoms with Crippen molar-refractivity contribution < 1.29 is 14.0 Å². The first kappa shape index (κ1) is 9.84. The molecule has 4 nitrogen and oxygen atoms in total. The van der Waals surface area contributed by atoms with Crippen molar-refractivity contribution in [2.24, 2.45) is 0 Å². The maximum atomic E-state index is 12.1. The molecule has 0 saturated carbocycles. The van der Waals surface area contributed by atoms with E-state index in [9.17, 15) is 9.59 Å². The molecule has 0 bridgehead atoms. The lowest BCUT2D eigenvalue weighted by molar-refractivity contribution is -0.116. The van der Waals surface area contributed by atoms with E-state index in [4.69, 9.17) is 4.42 Å². The van der Waals surface area contributed by atoms with Gasteiger partial charge in [0.15, 0.2) is 5.76 Å². The van der Waals surface area contributed by atoms with Crippen LogP contribution in [0.25, 0.3) is 0 Å². The summed E-state index contributed by atoms with van der Waals surface area (Å²) >= 11 is 0. The molecule has 1 aromatic carbocycles. The highest BCUT2D eigenvalue weighted by molar-refractivity contribution is 6.20.